The first-order chi connectivity index (χ1) is 9.17. The van der Waals surface area contributed by atoms with Crippen molar-refractivity contribution in [1.82, 2.24) is 9.78 Å². The molecule has 1 saturated heterocycles. The van der Waals surface area contributed by atoms with Gasteiger partial charge in [0.1, 0.15) is 5.82 Å². The van der Waals surface area contributed by atoms with Gasteiger partial charge in [0.2, 0.25) is 0 Å². The zero-order valence-electron chi connectivity index (χ0n) is 12.5. The predicted molar refractivity (Wildman–Crippen MR) is 78.3 cm³/mol. The lowest BCUT2D eigenvalue weighted by atomic mass is 9.96. The summed E-state index contributed by atoms with van der Waals surface area (Å²) in [5, 5.41) is 14.0. The molecule has 0 bridgehead atoms. The molecule has 0 saturated carbocycles. The Morgan fingerprint density at radius 2 is 2.11 bits per heavy atom. The molecule has 1 aromatic heterocycles. The number of aryl methyl sites for hydroxylation is 2. The van der Waals surface area contributed by atoms with E-state index in [1.54, 1.807) is 0 Å². The van der Waals surface area contributed by atoms with Crippen LogP contribution in [0, 0.1) is 12.8 Å². The van der Waals surface area contributed by atoms with E-state index in [1.165, 1.54) is 32.1 Å². The molecular weight excluding hydrogens is 238 g/mol. The molecule has 0 aliphatic carbocycles. The molecule has 1 fully saturated rings. The fourth-order valence-electron chi connectivity index (χ4n) is 3.34. The maximum atomic E-state index is 9.57. The van der Waals surface area contributed by atoms with E-state index >= 15 is 0 Å². The highest BCUT2D eigenvalue weighted by Crippen LogP contribution is 2.28. The van der Waals surface area contributed by atoms with Crippen LogP contribution in [-0.2, 0) is 13.7 Å². The minimum absolute atomic E-state index is 0.0872. The molecule has 1 unspecified atom stereocenters. The predicted octanol–water partition coefficient (Wildman–Crippen LogP) is 2.63. The highest BCUT2D eigenvalue weighted by Gasteiger charge is 2.22. The zero-order chi connectivity index (χ0) is 13.8. The molecule has 0 aromatic carbocycles. The molecular formula is C15H27N3O. The normalized spacial score (nSPS) is 20.6. The SMILES string of the molecule is CCCC1CCCN(c2c(CO)c(C)nn2C)CC1. The summed E-state index contributed by atoms with van der Waals surface area (Å²) in [5.74, 6) is 2.00. The molecule has 1 atom stereocenters. The monoisotopic (exact) mass is 265 g/mol. The van der Waals surface area contributed by atoms with E-state index < -0.39 is 0 Å². The number of hydrogen-bond donors (Lipinski definition) is 1. The Labute approximate surface area is 116 Å². The van der Waals surface area contributed by atoms with Crippen LogP contribution in [0.15, 0.2) is 0 Å². The molecule has 0 radical (unpaired) electrons. The minimum atomic E-state index is 0.0872. The minimum Gasteiger partial charge on any atom is -0.391 e. The molecule has 0 spiro atoms. The van der Waals surface area contributed by atoms with Crippen LogP contribution in [0.4, 0.5) is 5.82 Å². The van der Waals surface area contributed by atoms with Crippen molar-refractivity contribution >= 4 is 5.82 Å². The highest BCUT2D eigenvalue weighted by atomic mass is 16.3. The summed E-state index contributed by atoms with van der Waals surface area (Å²) < 4.78 is 1.93. The molecule has 4 nitrogen and oxygen atoms in total. The van der Waals surface area contributed by atoms with Gasteiger partial charge in [-0.05, 0) is 32.1 Å². The Hall–Kier alpha value is -1.03. The molecule has 19 heavy (non-hydrogen) atoms. The third kappa shape index (κ3) is 3.11. The van der Waals surface area contributed by atoms with Crippen LogP contribution in [0.3, 0.4) is 0 Å². The van der Waals surface area contributed by atoms with E-state index in [1.807, 2.05) is 18.7 Å². The lowest BCUT2D eigenvalue weighted by molar-refractivity contribution is 0.281. The van der Waals surface area contributed by atoms with Gasteiger partial charge in [0.05, 0.1) is 12.3 Å². The van der Waals surface area contributed by atoms with Gasteiger partial charge in [0, 0.05) is 25.7 Å². The van der Waals surface area contributed by atoms with E-state index in [2.05, 4.69) is 16.9 Å². The molecule has 1 aliphatic rings. The van der Waals surface area contributed by atoms with Crippen LogP contribution >= 0.6 is 0 Å². The van der Waals surface area contributed by atoms with Crippen LogP contribution in [-0.4, -0.2) is 28.0 Å². The van der Waals surface area contributed by atoms with Crippen molar-refractivity contribution in [3.8, 4) is 0 Å². The van der Waals surface area contributed by atoms with Gasteiger partial charge in [-0.1, -0.05) is 19.8 Å². The first-order valence-corrected chi connectivity index (χ1v) is 7.55. The third-order valence-corrected chi connectivity index (χ3v) is 4.32. The van der Waals surface area contributed by atoms with Gasteiger partial charge in [-0.15, -0.1) is 0 Å². The van der Waals surface area contributed by atoms with Crippen molar-refractivity contribution in [2.45, 2.75) is 52.6 Å². The molecule has 1 aromatic rings. The van der Waals surface area contributed by atoms with E-state index in [9.17, 15) is 5.11 Å². The van der Waals surface area contributed by atoms with Crippen molar-refractivity contribution in [2.24, 2.45) is 13.0 Å². The molecule has 1 N–H and O–H groups in total. The maximum absolute atomic E-state index is 9.57. The van der Waals surface area contributed by atoms with Gasteiger partial charge in [0.25, 0.3) is 0 Å². The zero-order valence-corrected chi connectivity index (χ0v) is 12.5. The van der Waals surface area contributed by atoms with Crippen molar-refractivity contribution in [1.29, 1.82) is 0 Å². The summed E-state index contributed by atoms with van der Waals surface area (Å²) in [6.07, 6.45) is 6.50. The Bertz CT molecular complexity index is 414. The smallest absolute Gasteiger partial charge is 0.132 e. The third-order valence-electron chi connectivity index (χ3n) is 4.32. The van der Waals surface area contributed by atoms with Crippen LogP contribution in [0.1, 0.15) is 50.3 Å². The second-order valence-corrected chi connectivity index (χ2v) is 5.74. The number of rotatable bonds is 4. The van der Waals surface area contributed by atoms with Crippen molar-refractivity contribution in [3.05, 3.63) is 11.3 Å². The molecule has 0 amide bonds. The average Bonchev–Trinajstić information content (AvgIpc) is 2.55. The molecule has 2 heterocycles. The topological polar surface area (TPSA) is 41.3 Å². The van der Waals surface area contributed by atoms with E-state index in [0.717, 1.165) is 36.1 Å². The fraction of sp³-hybridized carbons (Fsp3) is 0.800. The second-order valence-electron chi connectivity index (χ2n) is 5.74. The van der Waals surface area contributed by atoms with Crippen LogP contribution in [0.25, 0.3) is 0 Å². The maximum Gasteiger partial charge on any atom is 0.132 e. The summed E-state index contributed by atoms with van der Waals surface area (Å²) in [7, 11) is 1.98. The summed E-state index contributed by atoms with van der Waals surface area (Å²) in [6.45, 7) is 6.52. The fourth-order valence-corrected chi connectivity index (χ4v) is 3.34. The number of hydrogen-bond acceptors (Lipinski definition) is 3. The summed E-state index contributed by atoms with van der Waals surface area (Å²) in [5.41, 5.74) is 1.95. The van der Waals surface area contributed by atoms with Gasteiger partial charge >= 0.3 is 0 Å². The van der Waals surface area contributed by atoms with E-state index in [-0.39, 0.29) is 6.61 Å². The van der Waals surface area contributed by atoms with E-state index in [4.69, 9.17) is 0 Å². The summed E-state index contributed by atoms with van der Waals surface area (Å²) >= 11 is 0. The molecule has 1 aliphatic heterocycles. The average molecular weight is 265 g/mol. The van der Waals surface area contributed by atoms with Gasteiger partial charge in [-0.2, -0.15) is 5.10 Å². The number of aliphatic hydroxyl groups is 1. The van der Waals surface area contributed by atoms with E-state index in [0.29, 0.717) is 0 Å². The summed E-state index contributed by atoms with van der Waals surface area (Å²) in [6, 6.07) is 0. The lowest BCUT2D eigenvalue weighted by Crippen LogP contribution is -2.27. The van der Waals surface area contributed by atoms with Crippen LogP contribution in [0.2, 0.25) is 0 Å². The highest BCUT2D eigenvalue weighted by molar-refractivity contribution is 5.50. The van der Waals surface area contributed by atoms with Gasteiger partial charge in [-0.3, -0.25) is 4.68 Å². The quantitative estimate of drug-likeness (QED) is 0.910. The number of aliphatic hydroxyl groups excluding tert-OH is 1. The number of anilines is 1. The van der Waals surface area contributed by atoms with Crippen molar-refractivity contribution < 1.29 is 5.11 Å². The Morgan fingerprint density at radius 1 is 1.32 bits per heavy atom. The molecule has 4 heteroatoms. The first-order valence-electron chi connectivity index (χ1n) is 7.55. The van der Waals surface area contributed by atoms with Crippen molar-refractivity contribution in [3.63, 3.8) is 0 Å². The number of nitrogens with zero attached hydrogens (tertiary/aromatic N) is 3. The first kappa shape index (κ1) is 14.4. The number of aromatic nitrogens is 2. The van der Waals surface area contributed by atoms with Gasteiger partial charge in [-0.25, -0.2) is 0 Å². The Morgan fingerprint density at radius 3 is 2.79 bits per heavy atom. The molecule has 108 valence electrons. The van der Waals surface area contributed by atoms with Gasteiger partial charge < -0.3 is 10.0 Å². The van der Waals surface area contributed by atoms with Crippen LogP contribution < -0.4 is 4.90 Å². The molecule has 2 rings (SSSR count). The lowest BCUT2D eigenvalue weighted by Gasteiger charge is -2.24. The standard InChI is InChI=1S/C15H27N3O/c1-4-6-13-7-5-9-18(10-8-13)15-14(11-19)12(2)16-17(15)3/h13,19H,4-11H2,1-3H3. The Kier molecular flexibility index (Phi) is 4.86. The summed E-state index contributed by atoms with van der Waals surface area (Å²) in [4.78, 5) is 2.42. The van der Waals surface area contributed by atoms with Crippen LogP contribution in [0.5, 0.6) is 0 Å². The largest absolute Gasteiger partial charge is 0.391 e. The van der Waals surface area contributed by atoms with Crippen molar-refractivity contribution in [2.75, 3.05) is 18.0 Å². The second kappa shape index (κ2) is 6.42. The Balaban J connectivity index is 2.14. The van der Waals surface area contributed by atoms with Gasteiger partial charge in [0.15, 0.2) is 0 Å².